The average molecular weight is 383 g/mol. The van der Waals surface area contributed by atoms with Crippen molar-refractivity contribution >= 4 is 39.9 Å². The molecule has 4 heteroatoms. The van der Waals surface area contributed by atoms with E-state index < -0.39 is 0 Å². The molecule has 0 aromatic heterocycles. The number of hydrogen-bond acceptors (Lipinski definition) is 2. The normalized spacial score (nSPS) is 10.0. The first-order valence-corrected chi connectivity index (χ1v) is 7.24. The van der Waals surface area contributed by atoms with Crippen LogP contribution in [0.4, 0.5) is 5.69 Å². The first-order valence-electron chi connectivity index (χ1n) is 5.78. The van der Waals surface area contributed by atoms with Gasteiger partial charge in [-0.25, -0.2) is 0 Å². The predicted molar refractivity (Wildman–Crippen MR) is 87.4 cm³/mol. The zero-order valence-electron chi connectivity index (χ0n) is 10.4. The van der Waals surface area contributed by atoms with Gasteiger partial charge >= 0.3 is 0 Å². The van der Waals surface area contributed by atoms with E-state index in [1.165, 1.54) is 5.56 Å². The largest absolute Gasteiger partial charge is 0.380 e. The number of benzene rings is 2. The molecule has 0 radical (unpaired) electrons. The lowest BCUT2D eigenvalue weighted by Crippen LogP contribution is -2.02. The molecule has 0 unspecified atom stereocenters. The summed E-state index contributed by atoms with van der Waals surface area (Å²) >= 11 is 8.19. The zero-order chi connectivity index (χ0) is 13.8. The van der Waals surface area contributed by atoms with Gasteiger partial charge in [-0.1, -0.05) is 17.7 Å². The van der Waals surface area contributed by atoms with Crippen LogP contribution in [-0.4, -0.2) is 0 Å². The topological polar surface area (TPSA) is 35.8 Å². The van der Waals surface area contributed by atoms with Gasteiger partial charge in [0.1, 0.15) is 0 Å². The molecule has 2 aromatic carbocycles. The molecule has 0 bridgehead atoms. The summed E-state index contributed by atoms with van der Waals surface area (Å²) in [5, 5.41) is 13.0. The highest BCUT2D eigenvalue weighted by atomic mass is 127. The number of halogens is 2. The second-order valence-electron chi connectivity index (χ2n) is 4.23. The molecule has 0 aliphatic rings. The van der Waals surface area contributed by atoms with Crippen LogP contribution >= 0.6 is 34.2 Å². The molecular weight excluding hydrogens is 371 g/mol. The Kier molecular flexibility index (Phi) is 4.67. The quantitative estimate of drug-likeness (QED) is 0.779. The molecule has 0 saturated heterocycles. The van der Waals surface area contributed by atoms with Gasteiger partial charge in [-0.2, -0.15) is 5.26 Å². The summed E-state index contributed by atoms with van der Waals surface area (Å²) in [7, 11) is 0. The molecule has 0 aliphatic heterocycles. The molecule has 0 amide bonds. The van der Waals surface area contributed by atoms with E-state index in [0.717, 1.165) is 26.4 Å². The van der Waals surface area contributed by atoms with Crippen molar-refractivity contribution in [3.63, 3.8) is 0 Å². The zero-order valence-corrected chi connectivity index (χ0v) is 13.3. The minimum Gasteiger partial charge on any atom is -0.380 e. The average Bonchev–Trinajstić information content (AvgIpc) is 2.39. The van der Waals surface area contributed by atoms with E-state index in [-0.39, 0.29) is 0 Å². The highest BCUT2D eigenvalue weighted by Gasteiger charge is 2.03. The lowest BCUT2D eigenvalue weighted by molar-refractivity contribution is 1.11. The van der Waals surface area contributed by atoms with E-state index in [0.29, 0.717) is 5.56 Å². The summed E-state index contributed by atoms with van der Waals surface area (Å²) in [4.78, 5) is 0. The molecule has 19 heavy (non-hydrogen) atoms. The minimum atomic E-state index is 0.697. The Morgan fingerprint density at radius 1 is 1.26 bits per heavy atom. The SMILES string of the molecule is Cc1cc(C#N)ccc1CNc1ccc(Cl)cc1I. The smallest absolute Gasteiger partial charge is 0.0991 e. The fourth-order valence-corrected chi connectivity index (χ4v) is 2.85. The van der Waals surface area contributed by atoms with Crippen molar-refractivity contribution in [3.8, 4) is 6.07 Å². The Balaban J connectivity index is 2.13. The van der Waals surface area contributed by atoms with Crippen molar-refractivity contribution < 1.29 is 0 Å². The number of hydrogen-bond donors (Lipinski definition) is 1. The third kappa shape index (κ3) is 3.62. The molecule has 0 aliphatic carbocycles. The first-order chi connectivity index (χ1) is 9.10. The van der Waals surface area contributed by atoms with Crippen LogP contribution in [0, 0.1) is 21.8 Å². The maximum absolute atomic E-state index is 8.84. The second-order valence-corrected chi connectivity index (χ2v) is 5.83. The minimum absolute atomic E-state index is 0.697. The fraction of sp³-hybridized carbons (Fsp3) is 0.133. The molecule has 2 nitrogen and oxygen atoms in total. The van der Waals surface area contributed by atoms with E-state index in [1.807, 2.05) is 43.3 Å². The van der Waals surface area contributed by atoms with Crippen molar-refractivity contribution in [2.45, 2.75) is 13.5 Å². The molecule has 2 rings (SSSR count). The Morgan fingerprint density at radius 2 is 2.05 bits per heavy atom. The molecule has 0 saturated carbocycles. The van der Waals surface area contributed by atoms with Gasteiger partial charge in [0, 0.05) is 20.8 Å². The van der Waals surface area contributed by atoms with Crippen LogP contribution in [0.1, 0.15) is 16.7 Å². The van der Waals surface area contributed by atoms with Crippen LogP contribution < -0.4 is 5.32 Å². The number of rotatable bonds is 3. The number of nitrogens with zero attached hydrogens (tertiary/aromatic N) is 1. The number of nitrogens with one attached hydrogen (secondary N) is 1. The van der Waals surface area contributed by atoms with Crippen LogP contribution in [0.25, 0.3) is 0 Å². The van der Waals surface area contributed by atoms with Crippen LogP contribution in [0.15, 0.2) is 36.4 Å². The Bertz CT molecular complexity index is 647. The van der Waals surface area contributed by atoms with Gasteiger partial charge < -0.3 is 5.32 Å². The Morgan fingerprint density at radius 3 is 2.68 bits per heavy atom. The van der Waals surface area contributed by atoms with Crippen molar-refractivity contribution in [1.29, 1.82) is 5.26 Å². The predicted octanol–water partition coefficient (Wildman–Crippen LogP) is 4.74. The number of anilines is 1. The van der Waals surface area contributed by atoms with E-state index in [1.54, 1.807) is 0 Å². The number of aryl methyl sites for hydroxylation is 1. The molecule has 0 spiro atoms. The lowest BCUT2D eigenvalue weighted by atomic mass is 10.1. The van der Waals surface area contributed by atoms with Crippen LogP contribution in [0.5, 0.6) is 0 Å². The van der Waals surface area contributed by atoms with Gasteiger partial charge in [0.2, 0.25) is 0 Å². The second kappa shape index (κ2) is 6.27. The monoisotopic (exact) mass is 382 g/mol. The van der Waals surface area contributed by atoms with E-state index in [9.17, 15) is 0 Å². The highest BCUT2D eigenvalue weighted by Crippen LogP contribution is 2.23. The van der Waals surface area contributed by atoms with Crippen molar-refractivity contribution in [2.75, 3.05) is 5.32 Å². The lowest BCUT2D eigenvalue weighted by Gasteiger charge is -2.11. The van der Waals surface area contributed by atoms with Crippen molar-refractivity contribution in [1.82, 2.24) is 0 Å². The van der Waals surface area contributed by atoms with Crippen LogP contribution in [0.2, 0.25) is 5.02 Å². The van der Waals surface area contributed by atoms with E-state index >= 15 is 0 Å². The molecule has 2 aromatic rings. The summed E-state index contributed by atoms with van der Waals surface area (Å²) in [5.41, 5.74) is 4.07. The summed E-state index contributed by atoms with van der Waals surface area (Å²) in [6.45, 7) is 2.75. The summed E-state index contributed by atoms with van der Waals surface area (Å²) < 4.78 is 1.09. The van der Waals surface area contributed by atoms with Gasteiger partial charge in [-0.05, 0) is 71.0 Å². The summed E-state index contributed by atoms with van der Waals surface area (Å²) in [6.07, 6.45) is 0. The fourth-order valence-electron chi connectivity index (χ4n) is 1.79. The third-order valence-corrected chi connectivity index (χ3v) is 4.00. The maximum atomic E-state index is 8.84. The molecule has 0 fully saturated rings. The maximum Gasteiger partial charge on any atom is 0.0991 e. The van der Waals surface area contributed by atoms with Gasteiger partial charge in [0.25, 0.3) is 0 Å². The van der Waals surface area contributed by atoms with Gasteiger partial charge in [-0.3, -0.25) is 0 Å². The van der Waals surface area contributed by atoms with Gasteiger partial charge in [0.05, 0.1) is 11.6 Å². The Hall–Kier alpha value is -1.25. The third-order valence-electron chi connectivity index (χ3n) is 2.87. The van der Waals surface area contributed by atoms with Crippen LogP contribution in [-0.2, 0) is 6.54 Å². The van der Waals surface area contributed by atoms with E-state index in [2.05, 4.69) is 34.0 Å². The molecular formula is C15H12ClIN2. The van der Waals surface area contributed by atoms with Gasteiger partial charge in [0.15, 0.2) is 0 Å². The van der Waals surface area contributed by atoms with Crippen molar-refractivity contribution in [2.24, 2.45) is 0 Å². The Labute approximate surface area is 131 Å². The molecule has 1 N–H and O–H groups in total. The highest BCUT2D eigenvalue weighted by molar-refractivity contribution is 14.1. The van der Waals surface area contributed by atoms with Crippen LogP contribution in [0.3, 0.4) is 0 Å². The molecule has 0 heterocycles. The number of nitriles is 1. The molecule has 0 atom stereocenters. The summed E-state index contributed by atoms with van der Waals surface area (Å²) in [6, 6.07) is 13.7. The van der Waals surface area contributed by atoms with Gasteiger partial charge in [-0.15, -0.1) is 0 Å². The van der Waals surface area contributed by atoms with Crippen molar-refractivity contribution in [3.05, 3.63) is 61.7 Å². The van der Waals surface area contributed by atoms with E-state index in [4.69, 9.17) is 16.9 Å². The summed E-state index contributed by atoms with van der Waals surface area (Å²) in [5.74, 6) is 0. The first kappa shape index (κ1) is 14.2. The standard InChI is InChI=1S/C15H12ClIN2/c1-10-6-11(8-18)2-3-12(10)9-19-15-5-4-13(16)7-14(15)17/h2-7,19H,9H2,1H3. The molecule has 96 valence electrons.